The van der Waals surface area contributed by atoms with Gasteiger partial charge in [0.25, 0.3) is 0 Å². The summed E-state index contributed by atoms with van der Waals surface area (Å²) >= 11 is 0. The molecule has 0 saturated carbocycles. The van der Waals surface area contributed by atoms with Crippen LogP contribution in [0.25, 0.3) is 22.3 Å². The van der Waals surface area contributed by atoms with Crippen molar-refractivity contribution in [2.45, 2.75) is 45.6 Å². The van der Waals surface area contributed by atoms with E-state index in [-0.39, 0.29) is 11.0 Å². The molecule has 0 amide bonds. The second-order valence-electron chi connectivity index (χ2n) is 10.3. The van der Waals surface area contributed by atoms with E-state index in [1.165, 1.54) is 44.8 Å². The number of anilines is 2. The molecule has 4 aromatic carbocycles. The number of rotatable bonds is 3. The molecule has 1 nitrogen and oxygen atoms in total. The highest BCUT2D eigenvalue weighted by Gasteiger charge is 2.36. The van der Waals surface area contributed by atoms with E-state index < -0.39 is 0 Å². The van der Waals surface area contributed by atoms with Crippen molar-refractivity contribution >= 4 is 11.4 Å². The SMILES string of the molecule is CC1(C)c2ccccc2-c2ccc(N(c3cccc(-c4ccccc4)c3)C(C)(C)C)cc21. The van der Waals surface area contributed by atoms with Crippen LogP contribution in [-0.2, 0) is 5.41 Å². The Kier molecular flexibility index (Phi) is 4.74. The lowest BCUT2D eigenvalue weighted by Crippen LogP contribution is -2.37. The predicted molar refractivity (Wildman–Crippen MR) is 138 cm³/mol. The van der Waals surface area contributed by atoms with E-state index >= 15 is 0 Å². The van der Waals surface area contributed by atoms with Crippen LogP contribution < -0.4 is 4.90 Å². The van der Waals surface area contributed by atoms with Gasteiger partial charge in [-0.05, 0) is 78.4 Å². The molecule has 0 aliphatic heterocycles. The number of hydrogen-bond donors (Lipinski definition) is 0. The van der Waals surface area contributed by atoms with E-state index in [9.17, 15) is 0 Å². The number of nitrogens with zero attached hydrogens (tertiary/aromatic N) is 1. The van der Waals surface area contributed by atoms with Gasteiger partial charge in [0, 0.05) is 22.3 Å². The van der Waals surface area contributed by atoms with Crippen molar-refractivity contribution < 1.29 is 0 Å². The lowest BCUT2D eigenvalue weighted by Gasteiger charge is -2.39. The normalized spacial score (nSPS) is 14.0. The molecule has 5 rings (SSSR count). The third-order valence-corrected chi connectivity index (χ3v) is 6.71. The van der Waals surface area contributed by atoms with E-state index in [0.717, 1.165) is 0 Å². The molecule has 0 unspecified atom stereocenters. The van der Waals surface area contributed by atoms with E-state index in [1.807, 2.05) is 0 Å². The highest BCUT2D eigenvalue weighted by Crippen LogP contribution is 2.50. The van der Waals surface area contributed by atoms with Gasteiger partial charge < -0.3 is 4.90 Å². The number of fused-ring (bicyclic) bond motifs is 3. The summed E-state index contributed by atoms with van der Waals surface area (Å²) in [6.45, 7) is 11.6. The summed E-state index contributed by atoms with van der Waals surface area (Å²) in [6, 6.07) is 35.4. The summed E-state index contributed by atoms with van der Waals surface area (Å²) < 4.78 is 0. The summed E-state index contributed by atoms with van der Waals surface area (Å²) in [5.41, 5.74) is 10.4. The van der Waals surface area contributed by atoms with Crippen molar-refractivity contribution in [2.75, 3.05) is 4.90 Å². The van der Waals surface area contributed by atoms with Crippen molar-refractivity contribution in [2.24, 2.45) is 0 Å². The molecule has 1 aliphatic rings. The second kappa shape index (κ2) is 7.38. The Balaban J connectivity index is 1.64. The first-order valence-corrected chi connectivity index (χ1v) is 11.5. The van der Waals surface area contributed by atoms with E-state index in [1.54, 1.807) is 0 Å². The van der Waals surface area contributed by atoms with E-state index in [0.29, 0.717) is 0 Å². The molecule has 0 bridgehead atoms. The molecule has 0 heterocycles. The molecule has 32 heavy (non-hydrogen) atoms. The number of benzene rings is 4. The Morgan fingerprint density at radius 2 is 1.19 bits per heavy atom. The monoisotopic (exact) mass is 417 g/mol. The topological polar surface area (TPSA) is 3.24 Å². The highest BCUT2D eigenvalue weighted by molar-refractivity contribution is 5.84. The average Bonchev–Trinajstić information content (AvgIpc) is 3.01. The molecule has 0 atom stereocenters. The summed E-state index contributed by atoms with van der Waals surface area (Å²) in [7, 11) is 0. The molecule has 160 valence electrons. The molecule has 0 saturated heterocycles. The number of hydrogen-bond acceptors (Lipinski definition) is 1. The maximum absolute atomic E-state index is 2.47. The van der Waals surface area contributed by atoms with E-state index in [4.69, 9.17) is 0 Å². The molecule has 0 fully saturated rings. The van der Waals surface area contributed by atoms with Crippen molar-refractivity contribution in [3.63, 3.8) is 0 Å². The Bertz CT molecular complexity index is 1280. The maximum Gasteiger partial charge on any atom is 0.0422 e. The fourth-order valence-corrected chi connectivity index (χ4v) is 5.21. The zero-order valence-corrected chi connectivity index (χ0v) is 19.7. The Hall–Kier alpha value is -3.32. The van der Waals surface area contributed by atoms with Crippen molar-refractivity contribution in [1.29, 1.82) is 0 Å². The van der Waals surface area contributed by atoms with Gasteiger partial charge in [-0.3, -0.25) is 0 Å². The fraction of sp³-hybridized carbons (Fsp3) is 0.226. The molecule has 0 spiro atoms. The van der Waals surface area contributed by atoms with Gasteiger partial charge in [0.05, 0.1) is 0 Å². The molecule has 0 N–H and O–H groups in total. The lowest BCUT2D eigenvalue weighted by molar-refractivity contribution is 0.559. The average molecular weight is 418 g/mol. The van der Waals surface area contributed by atoms with Gasteiger partial charge in [-0.15, -0.1) is 0 Å². The van der Waals surface area contributed by atoms with Crippen molar-refractivity contribution in [3.8, 4) is 22.3 Å². The quantitative estimate of drug-likeness (QED) is 0.322. The standard InChI is InChI=1S/C31H31N/c1-30(2,3)32(24-15-11-14-23(20-24)22-12-7-6-8-13-22)25-18-19-27-26-16-9-10-17-28(26)31(4,5)29(27)21-25/h6-21H,1-5H3. The summed E-state index contributed by atoms with van der Waals surface area (Å²) in [6.07, 6.45) is 0. The van der Waals surface area contributed by atoms with Gasteiger partial charge in [-0.25, -0.2) is 0 Å². The third kappa shape index (κ3) is 3.33. The zero-order chi connectivity index (χ0) is 22.5. The molecule has 1 heteroatoms. The van der Waals surface area contributed by atoms with Gasteiger partial charge in [-0.1, -0.05) is 86.6 Å². The van der Waals surface area contributed by atoms with Gasteiger partial charge in [0.15, 0.2) is 0 Å². The molecule has 4 aromatic rings. The second-order valence-corrected chi connectivity index (χ2v) is 10.3. The zero-order valence-electron chi connectivity index (χ0n) is 19.7. The molecule has 1 aliphatic carbocycles. The molecular formula is C31H31N. The van der Waals surface area contributed by atoms with Crippen LogP contribution in [0.5, 0.6) is 0 Å². The van der Waals surface area contributed by atoms with Crippen LogP contribution >= 0.6 is 0 Å². The van der Waals surface area contributed by atoms with Gasteiger partial charge in [0.2, 0.25) is 0 Å². The van der Waals surface area contributed by atoms with Crippen molar-refractivity contribution in [1.82, 2.24) is 0 Å². The van der Waals surface area contributed by atoms with Crippen LogP contribution in [0.2, 0.25) is 0 Å². The van der Waals surface area contributed by atoms with Crippen molar-refractivity contribution in [3.05, 3.63) is 108 Å². The first-order chi connectivity index (χ1) is 15.3. The summed E-state index contributed by atoms with van der Waals surface area (Å²) in [5, 5.41) is 0. The highest BCUT2D eigenvalue weighted by atomic mass is 15.2. The lowest BCUT2D eigenvalue weighted by atomic mass is 9.82. The predicted octanol–water partition coefficient (Wildman–Crippen LogP) is 8.60. The Labute approximate surface area is 192 Å². The summed E-state index contributed by atoms with van der Waals surface area (Å²) in [5.74, 6) is 0. The van der Waals surface area contributed by atoms with Gasteiger partial charge >= 0.3 is 0 Å². The minimum Gasteiger partial charge on any atom is -0.336 e. The van der Waals surface area contributed by atoms with Crippen LogP contribution in [0.3, 0.4) is 0 Å². The van der Waals surface area contributed by atoms with Crippen LogP contribution in [-0.4, -0.2) is 5.54 Å². The minimum absolute atomic E-state index is 0.00260. The first kappa shape index (κ1) is 20.6. The Morgan fingerprint density at radius 1 is 0.562 bits per heavy atom. The molecular weight excluding hydrogens is 386 g/mol. The fourth-order valence-electron chi connectivity index (χ4n) is 5.21. The van der Waals surface area contributed by atoms with Crippen LogP contribution in [0.15, 0.2) is 97.1 Å². The van der Waals surface area contributed by atoms with Crippen LogP contribution in [0, 0.1) is 0 Å². The van der Waals surface area contributed by atoms with Crippen LogP contribution in [0.4, 0.5) is 11.4 Å². The summed E-state index contributed by atoms with van der Waals surface area (Å²) in [4.78, 5) is 2.47. The van der Waals surface area contributed by atoms with E-state index in [2.05, 4.69) is 137 Å². The molecule has 0 radical (unpaired) electrons. The van der Waals surface area contributed by atoms with Gasteiger partial charge in [0.1, 0.15) is 0 Å². The maximum atomic E-state index is 2.47. The Morgan fingerprint density at radius 3 is 1.94 bits per heavy atom. The van der Waals surface area contributed by atoms with Crippen LogP contribution in [0.1, 0.15) is 45.7 Å². The molecule has 0 aromatic heterocycles. The third-order valence-electron chi connectivity index (χ3n) is 6.71. The minimum atomic E-state index is -0.0703. The largest absolute Gasteiger partial charge is 0.336 e. The smallest absolute Gasteiger partial charge is 0.0422 e. The first-order valence-electron chi connectivity index (χ1n) is 11.5. The van der Waals surface area contributed by atoms with Gasteiger partial charge in [-0.2, -0.15) is 0 Å².